The van der Waals surface area contributed by atoms with E-state index in [9.17, 15) is 4.79 Å². The first-order valence-corrected chi connectivity index (χ1v) is 11.9. The molecule has 1 amide bonds. The molecule has 3 aromatic heterocycles. The van der Waals surface area contributed by atoms with Crippen LogP contribution in [0.4, 0.5) is 11.6 Å². The monoisotopic (exact) mass is 473 g/mol. The fourth-order valence-corrected chi connectivity index (χ4v) is 4.55. The number of hydrogen-bond acceptors (Lipinski definition) is 9. The lowest BCUT2D eigenvalue weighted by atomic mass is 10.1. The second kappa shape index (κ2) is 8.86. The van der Waals surface area contributed by atoms with Gasteiger partial charge in [-0.25, -0.2) is 9.97 Å². The van der Waals surface area contributed by atoms with Gasteiger partial charge in [-0.1, -0.05) is 13.0 Å². The highest BCUT2D eigenvalue weighted by Crippen LogP contribution is 2.39. The molecule has 0 radical (unpaired) electrons. The van der Waals surface area contributed by atoms with Crippen molar-refractivity contribution >= 4 is 39.5 Å². The smallest absolute Gasteiger partial charge is 0.229 e. The molecule has 1 saturated heterocycles. The van der Waals surface area contributed by atoms with E-state index in [0.29, 0.717) is 34.5 Å². The predicted molar refractivity (Wildman–Crippen MR) is 132 cm³/mol. The Bertz CT molecular complexity index is 1410. The first-order valence-electron chi connectivity index (χ1n) is 11.9. The summed E-state index contributed by atoms with van der Waals surface area (Å²) in [5, 5.41) is 15.3. The molecule has 2 fully saturated rings. The Hall–Kier alpha value is -3.63. The van der Waals surface area contributed by atoms with E-state index in [2.05, 4.69) is 43.7 Å². The van der Waals surface area contributed by atoms with Gasteiger partial charge in [-0.05, 0) is 36.1 Å². The average Bonchev–Trinajstić information content (AvgIpc) is 3.47. The zero-order valence-electron chi connectivity index (χ0n) is 19.7. The van der Waals surface area contributed by atoms with Gasteiger partial charge in [0.15, 0.2) is 17.2 Å². The molecule has 1 aliphatic heterocycles. The van der Waals surface area contributed by atoms with Crippen LogP contribution in [0.15, 0.2) is 34.9 Å². The number of benzene rings is 1. The van der Waals surface area contributed by atoms with Crippen molar-refractivity contribution in [2.24, 2.45) is 11.8 Å². The van der Waals surface area contributed by atoms with E-state index in [1.807, 2.05) is 18.2 Å². The fraction of sp³-hybridized carbons (Fsp3) is 0.400. The molecule has 1 saturated carbocycles. The van der Waals surface area contributed by atoms with Gasteiger partial charge in [0.25, 0.3) is 0 Å². The van der Waals surface area contributed by atoms with Crippen LogP contribution in [0, 0.1) is 11.8 Å². The maximum absolute atomic E-state index is 12.4. The third-order valence-corrected chi connectivity index (χ3v) is 6.76. The van der Waals surface area contributed by atoms with Gasteiger partial charge in [0.1, 0.15) is 11.0 Å². The summed E-state index contributed by atoms with van der Waals surface area (Å²) in [5.41, 5.74) is 3.93. The number of amides is 1. The SMILES string of the molecule is CNc1ncc(-c2nc3ccc(CN4CCOCC4)cc3o2)c2cc(NC(=O)[C@H]3C[C@H]3C)nnc12. The Kier molecular flexibility index (Phi) is 5.54. The second-order valence-electron chi connectivity index (χ2n) is 9.28. The number of pyridine rings is 1. The van der Waals surface area contributed by atoms with Crippen molar-refractivity contribution in [2.45, 2.75) is 19.9 Å². The number of anilines is 2. The van der Waals surface area contributed by atoms with E-state index in [1.165, 1.54) is 5.56 Å². The zero-order valence-corrected chi connectivity index (χ0v) is 19.7. The number of hydrogen-bond donors (Lipinski definition) is 2. The van der Waals surface area contributed by atoms with Crippen LogP contribution in [0.5, 0.6) is 0 Å². The number of fused-ring (bicyclic) bond motifs is 2. The Balaban J connectivity index is 1.35. The van der Waals surface area contributed by atoms with Crippen molar-refractivity contribution in [1.29, 1.82) is 0 Å². The molecule has 2 aliphatic rings. The average molecular weight is 474 g/mol. The van der Waals surface area contributed by atoms with Gasteiger partial charge in [0.2, 0.25) is 11.8 Å². The molecule has 2 atom stereocenters. The topological polar surface area (TPSA) is 118 Å². The maximum Gasteiger partial charge on any atom is 0.229 e. The first-order chi connectivity index (χ1) is 17.1. The zero-order chi connectivity index (χ0) is 23.9. The molecule has 180 valence electrons. The molecule has 10 heteroatoms. The summed E-state index contributed by atoms with van der Waals surface area (Å²) in [7, 11) is 1.78. The Morgan fingerprint density at radius 3 is 2.80 bits per heavy atom. The van der Waals surface area contributed by atoms with Gasteiger partial charge in [-0.3, -0.25) is 9.69 Å². The summed E-state index contributed by atoms with van der Waals surface area (Å²) in [6, 6.07) is 7.92. The highest BCUT2D eigenvalue weighted by molar-refractivity contribution is 6.01. The van der Waals surface area contributed by atoms with Gasteiger partial charge >= 0.3 is 0 Å². The summed E-state index contributed by atoms with van der Waals surface area (Å²) in [6.45, 7) is 6.29. The largest absolute Gasteiger partial charge is 0.436 e. The molecule has 0 bridgehead atoms. The van der Waals surface area contributed by atoms with E-state index >= 15 is 0 Å². The van der Waals surface area contributed by atoms with Crippen LogP contribution in [0.25, 0.3) is 33.5 Å². The lowest BCUT2D eigenvalue weighted by molar-refractivity contribution is -0.117. The number of nitrogens with one attached hydrogen (secondary N) is 2. The molecule has 10 nitrogen and oxygen atoms in total. The standard InChI is InChI=1S/C25H27N7O3/c1-14-9-16(14)24(33)29-21-11-17-18(12-27-23(26-2)22(17)31-30-21)25-28-19-4-3-15(10-20(19)35-25)13-32-5-7-34-8-6-32/h3-4,10-12,14,16H,5-9,13H2,1-2H3,(H,26,27)(H,29,30,33)/t14-,16+/m1/s1. The van der Waals surface area contributed by atoms with Crippen molar-refractivity contribution < 1.29 is 13.9 Å². The molecular weight excluding hydrogens is 446 g/mol. The summed E-state index contributed by atoms with van der Waals surface area (Å²) < 4.78 is 11.6. The maximum atomic E-state index is 12.4. The van der Waals surface area contributed by atoms with Gasteiger partial charge in [0, 0.05) is 44.2 Å². The Morgan fingerprint density at radius 2 is 2.03 bits per heavy atom. The minimum Gasteiger partial charge on any atom is -0.436 e. The number of nitrogens with zero attached hydrogens (tertiary/aromatic N) is 5. The normalized spacial score (nSPS) is 20.3. The number of carbonyl (C=O) groups is 1. The highest BCUT2D eigenvalue weighted by Gasteiger charge is 2.39. The minimum absolute atomic E-state index is 0.0229. The second-order valence-corrected chi connectivity index (χ2v) is 9.28. The number of ether oxygens (including phenoxy) is 1. The van der Waals surface area contributed by atoms with E-state index < -0.39 is 0 Å². The molecule has 4 aromatic rings. The van der Waals surface area contributed by atoms with Gasteiger partial charge in [-0.2, -0.15) is 0 Å². The van der Waals surface area contributed by atoms with E-state index in [4.69, 9.17) is 14.1 Å². The van der Waals surface area contributed by atoms with Crippen LogP contribution in [0.1, 0.15) is 18.9 Å². The Labute approximate surface area is 202 Å². The number of morpholine rings is 1. The summed E-state index contributed by atoms with van der Waals surface area (Å²) in [4.78, 5) is 24.0. The number of carbonyl (C=O) groups excluding carboxylic acids is 1. The third-order valence-electron chi connectivity index (χ3n) is 6.76. The van der Waals surface area contributed by atoms with Gasteiger partial charge in [0.05, 0.1) is 18.8 Å². The Morgan fingerprint density at radius 1 is 1.20 bits per heavy atom. The summed E-state index contributed by atoms with van der Waals surface area (Å²) in [5.74, 6) is 1.87. The quantitative estimate of drug-likeness (QED) is 0.435. The van der Waals surface area contributed by atoms with Crippen LogP contribution < -0.4 is 10.6 Å². The first kappa shape index (κ1) is 21.9. The number of rotatable bonds is 6. The van der Waals surface area contributed by atoms with E-state index in [-0.39, 0.29) is 11.8 Å². The molecule has 0 unspecified atom stereocenters. The summed E-state index contributed by atoms with van der Waals surface area (Å²) in [6.07, 6.45) is 2.62. The molecule has 4 heterocycles. The fourth-order valence-electron chi connectivity index (χ4n) is 4.55. The van der Waals surface area contributed by atoms with Crippen LogP contribution in [0.2, 0.25) is 0 Å². The van der Waals surface area contributed by atoms with Crippen LogP contribution in [0.3, 0.4) is 0 Å². The number of aromatic nitrogens is 4. The van der Waals surface area contributed by atoms with E-state index in [1.54, 1.807) is 13.2 Å². The van der Waals surface area contributed by atoms with Gasteiger partial charge in [-0.15, -0.1) is 10.2 Å². The lowest BCUT2D eigenvalue weighted by Crippen LogP contribution is -2.35. The van der Waals surface area contributed by atoms with Crippen molar-refractivity contribution in [3.05, 3.63) is 36.0 Å². The van der Waals surface area contributed by atoms with E-state index in [0.717, 1.165) is 55.8 Å². The van der Waals surface area contributed by atoms with Crippen molar-refractivity contribution in [1.82, 2.24) is 25.1 Å². The molecule has 35 heavy (non-hydrogen) atoms. The molecular formula is C25H27N7O3. The van der Waals surface area contributed by atoms with Crippen LogP contribution in [-0.4, -0.2) is 64.3 Å². The molecule has 2 N–H and O–H groups in total. The van der Waals surface area contributed by atoms with Crippen LogP contribution in [-0.2, 0) is 16.1 Å². The van der Waals surface area contributed by atoms with Crippen molar-refractivity contribution in [3.63, 3.8) is 0 Å². The van der Waals surface area contributed by atoms with Crippen molar-refractivity contribution in [3.8, 4) is 11.5 Å². The molecule has 1 aromatic carbocycles. The molecule has 6 rings (SSSR count). The lowest BCUT2D eigenvalue weighted by Gasteiger charge is -2.26. The predicted octanol–water partition coefficient (Wildman–Crippen LogP) is 3.30. The van der Waals surface area contributed by atoms with Crippen molar-refractivity contribution in [2.75, 3.05) is 44.0 Å². The number of oxazole rings is 1. The minimum atomic E-state index is -0.0229. The third kappa shape index (κ3) is 4.30. The highest BCUT2D eigenvalue weighted by atomic mass is 16.5. The molecule has 0 spiro atoms. The van der Waals surface area contributed by atoms with Gasteiger partial charge < -0.3 is 19.8 Å². The van der Waals surface area contributed by atoms with Crippen LogP contribution >= 0.6 is 0 Å². The molecule has 1 aliphatic carbocycles. The summed E-state index contributed by atoms with van der Waals surface area (Å²) >= 11 is 0.